The Morgan fingerprint density at radius 1 is 1.42 bits per heavy atom. The molecule has 0 spiro atoms. The third-order valence-electron chi connectivity index (χ3n) is 3.13. The van der Waals surface area contributed by atoms with Crippen molar-refractivity contribution < 1.29 is 23.1 Å². The van der Waals surface area contributed by atoms with E-state index in [1.54, 1.807) is 4.90 Å². The minimum Gasteiger partial charge on any atom is -0.477 e. The Kier molecular flexibility index (Phi) is 3.11. The molecular formula is C10H13N3O5S. The molecule has 3 N–H and O–H groups in total. The van der Waals surface area contributed by atoms with Crippen molar-refractivity contribution in [2.45, 2.75) is 12.8 Å². The normalized spacial score (nSPS) is 16.2. The number of aromatic carboxylic acids is 1. The second-order valence-electron chi connectivity index (χ2n) is 4.39. The summed E-state index contributed by atoms with van der Waals surface area (Å²) in [6, 6.07) is 1.41. The summed E-state index contributed by atoms with van der Waals surface area (Å²) < 4.78 is 23.1. The predicted octanol–water partition coefficient (Wildman–Crippen LogP) is -0.816. The SMILES string of the molecule is CC(=O)N1CC(c2ccn(S(N)(=O)=O)c2C(=O)O)C1. The van der Waals surface area contributed by atoms with Gasteiger partial charge in [0.05, 0.1) is 0 Å². The number of carbonyl (C=O) groups is 2. The van der Waals surface area contributed by atoms with Crippen molar-refractivity contribution >= 4 is 22.1 Å². The number of nitrogens with zero attached hydrogens (tertiary/aromatic N) is 2. The molecule has 1 aromatic heterocycles. The van der Waals surface area contributed by atoms with Crippen molar-refractivity contribution in [1.29, 1.82) is 0 Å². The molecule has 19 heavy (non-hydrogen) atoms. The molecule has 1 amide bonds. The fraction of sp³-hybridized carbons (Fsp3) is 0.400. The van der Waals surface area contributed by atoms with Gasteiger partial charge < -0.3 is 10.0 Å². The second-order valence-corrected chi connectivity index (χ2v) is 5.81. The van der Waals surface area contributed by atoms with Gasteiger partial charge in [-0.2, -0.15) is 8.42 Å². The van der Waals surface area contributed by atoms with Gasteiger partial charge in [-0.25, -0.2) is 13.9 Å². The third-order valence-corrected chi connectivity index (χ3v) is 3.98. The molecule has 2 heterocycles. The highest BCUT2D eigenvalue weighted by Crippen LogP contribution is 2.30. The van der Waals surface area contributed by atoms with Gasteiger partial charge in [0.15, 0.2) is 0 Å². The maximum Gasteiger partial charge on any atom is 0.353 e. The Morgan fingerprint density at radius 3 is 2.42 bits per heavy atom. The zero-order valence-electron chi connectivity index (χ0n) is 10.1. The molecular weight excluding hydrogens is 274 g/mol. The Bertz CT molecular complexity index is 642. The first-order valence-corrected chi connectivity index (χ1v) is 6.95. The molecule has 2 rings (SSSR count). The predicted molar refractivity (Wildman–Crippen MR) is 64.9 cm³/mol. The van der Waals surface area contributed by atoms with Crippen LogP contribution in [0, 0.1) is 0 Å². The maximum atomic E-state index is 11.3. The number of aromatic nitrogens is 1. The molecule has 104 valence electrons. The molecule has 0 atom stereocenters. The summed E-state index contributed by atoms with van der Waals surface area (Å²) in [5.74, 6) is -1.65. The smallest absolute Gasteiger partial charge is 0.353 e. The number of carboxylic acids is 1. The standard InChI is InChI=1S/C10H13N3O5S/c1-6(14)12-4-7(5-12)8-2-3-13(19(11,17)18)9(8)10(15)16/h2-3,7H,4-5H2,1H3,(H,15,16)(H2,11,17,18). The van der Waals surface area contributed by atoms with Crippen LogP contribution in [0.4, 0.5) is 0 Å². The average Bonchev–Trinajstić information content (AvgIpc) is 2.57. The summed E-state index contributed by atoms with van der Waals surface area (Å²) in [4.78, 5) is 23.8. The van der Waals surface area contributed by atoms with E-state index in [4.69, 9.17) is 10.2 Å². The largest absolute Gasteiger partial charge is 0.477 e. The van der Waals surface area contributed by atoms with Crippen LogP contribution in [0.25, 0.3) is 0 Å². The van der Waals surface area contributed by atoms with Gasteiger partial charge >= 0.3 is 16.2 Å². The highest BCUT2D eigenvalue weighted by molar-refractivity contribution is 7.87. The monoisotopic (exact) mass is 287 g/mol. The van der Waals surface area contributed by atoms with Gasteiger partial charge in [-0.15, -0.1) is 0 Å². The van der Waals surface area contributed by atoms with Gasteiger partial charge in [-0.05, 0) is 11.6 Å². The van der Waals surface area contributed by atoms with E-state index in [0.29, 0.717) is 22.6 Å². The van der Waals surface area contributed by atoms with Crippen molar-refractivity contribution in [2.24, 2.45) is 5.14 Å². The van der Waals surface area contributed by atoms with Crippen LogP contribution in [0.5, 0.6) is 0 Å². The van der Waals surface area contributed by atoms with Crippen molar-refractivity contribution in [3.05, 3.63) is 23.5 Å². The number of carbonyl (C=O) groups excluding carboxylic acids is 1. The lowest BCUT2D eigenvalue weighted by atomic mass is 9.91. The van der Waals surface area contributed by atoms with Crippen LogP contribution in [-0.4, -0.2) is 47.4 Å². The molecule has 0 saturated carbocycles. The molecule has 9 heteroatoms. The molecule has 0 aromatic carbocycles. The van der Waals surface area contributed by atoms with Crippen LogP contribution < -0.4 is 5.14 Å². The van der Waals surface area contributed by atoms with Crippen molar-refractivity contribution in [3.8, 4) is 0 Å². The summed E-state index contributed by atoms with van der Waals surface area (Å²) in [6.07, 6.45) is 1.12. The van der Waals surface area contributed by atoms with Crippen LogP contribution in [0.3, 0.4) is 0 Å². The van der Waals surface area contributed by atoms with Crippen LogP contribution in [0.15, 0.2) is 12.3 Å². The van der Waals surface area contributed by atoms with Gasteiger partial charge in [-0.3, -0.25) is 4.79 Å². The number of likely N-dealkylation sites (tertiary alicyclic amines) is 1. The molecule has 1 aliphatic heterocycles. The van der Waals surface area contributed by atoms with Crippen molar-refractivity contribution in [1.82, 2.24) is 8.87 Å². The van der Waals surface area contributed by atoms with E-state index in [1.165, 1.54) is 13.0 Å². The van der Waals surface area contributed by atoms with E-state index >= 15 is 0 Å². The van der Waals surface area contributed by atoms with Crippen LogP contribution in [0.2, 0.25) is 0 Å². The lowest BCUT2D eigenvalue weighted by Gasteiger charge is -2.38. The number of nitrogens with two attached hydrogens (primary N) is 1. The first-order chi connectivity index (χ1) is 8.71. The molecule has 1 saturated heterocycles. The lowest BCUT2D eigenvalue weighted by molar-refractivity contribution is -0.133. The zero-order chi connectivity index (χ0) is 14.4. The quantitative estimate of drug-likeness (QED) is 0.752. The van der Waals surface area contributed by atoms with Crippen LogP contribution in [-0.2, 0) is 15.0 Å². The maximum absolute atomic E-state index is 11.3. The molecule has 0 bridgehead atoms. The highest BCUT2D eigenvalue weighted by atomic mass is 32.2. The number of hydrogen-bond donors (Lipinski definition) is 2. The summed E-state index contributed by atoms with van der Waals surface area (Å²) in [5, 5.41) is 14.1. The highest BCUT2D eigenvalue weighted by Gasteiger charge is 2.35. The molecule has 1 aliphatic rings. The van der Waals surface area contributed by atoms with Crippen LogP contribution >= 0.6 is 0 Å². The first-order valence-electron chi connectivity index (χ1n) is 5.45. The van der Waals surface area contributed by atoms with Gasteiger partial charge in [0, 0.05) is 32.1 Å². The van der Waals surface area contributed by atoms with E-state index < -0.39 is 16.2 Å². The van der Waals surface area contributed by atoms with E-state index in [9.17, 15) is 18.0 Å². The van der Waals surface area contributed by atoms with Gasteiger partial charge in [0.1, 0.15) is 5.69 Å². The average molecular weight is 287 g/mol. The number of hydrogen-bond acceptors (Lipinski definition) is 4. The second kappa shape index (κ2) is 4.35. The summed E-state index contributed by atoms with van der Waals surface area (Å²) in [6.45, 7) is 2.18. The number of rotatable bonds is 3. The van der Waals surface area contributed by atoms with Crippen LogP contribution in [0.1, 0.15) is 28.9 Å². The van der Waals surface area contributed by atoms with E-state index in [2.05, 4.69) is 0 Å². The fourth-order valence-corrected chi connectivity index (χ4v) is 2.79. The molecule has 0 unspecified atom stereocenters. The third kappa shape index (κ3) is 2.34. The Labute approximate surface area is 109 Å². The van der Waals surface area contributed by atoms with E-state index in [1.807, 2.05) is 0 Å². The molecule has 0 aliphatic carbocycles. The first kappa shape index (κ1) is 13.6. The Morgan fingerprint density at radius 2 is 2.00 bits per heavy atom. The van der Waals surface area contributed by atoms with E-state index in [0.717, 1.165) is 6.20 Å². The summed E-state index contributed by atoms with van der Waals surface area (Å²) >= 11 is 0. The zero-order valence-corrected chi connectivity index (χ0v) is 10.9. The number of carboxylic acid groups (broad SMARTS) is 1. The van der Waals surface area contributed by atoms with Crippen molar-refractivity contribution in [3.63, 3.8) is 0 Å². The summed E-state index contributed by atoms with van der Waals surface area (Å²) in [7, 11) is -4.15. The number of amides is 1. The lowest BCUT2D eigenvalue weighted by Crippen LogP contribution is -2.47. The van der Waals surface area contributed by atoms with Gasteiger partial charge in [0.25, 0.3) is 0 Å². The topological polar surface area (TPSA) is 123 Å². The van der Waals surface area contributed by atoms with Gasteiger partial charge in [0.2, 0.25) is 5.91 Å². The minimum absolute atomic E-state index is 0.0981. The Hall–Kier alpha value is -1.87. The van der Waals surface area contributed by atoms with Crippen molar-refractivity contribution in [2.75, 3.05) is 13.1 Å². The van der Waals surface area contributed by atoms with Gasteiger partial charge in [-0.1, -0.05) is 0 Å². The molecule has 1 fully saturated rings. The summed E-state index contributed by atoms with van der Waals surface area (Å²) in [5.41, 5.74) is 0.00901. The Balaban J connectivity index is 2.36. The fourth-order valence-electron chi connectivity index (χ4n) is 2.12. The molecule has 8 nitrogen and oxygen atoms in total. The minimum atomic E-state index is -4.15. The molecule has 1 aromatic rings. The van der Waals surface area contributed by atoms with E-state index in [-0.39, 0.29) is 17.5 Å². The molecule has 0 radical (unpaired) electrons.